The van der Waals surface area contributed by atoms with E-state index in [1.807, 2.05) is 0 Å². The van der Waals surface area contributed by atoms with Gasteiger partial charge in [-0.25, -0.2) is 18.0 Å². The smallest absolute Gasteiger partial charge is 0.406 e. The Labute approximate surface area is 167 Å². The van der Waals surface area contributed by atoms with Crippen molar-refractivity contribution in [1.82, 2.24) is 9.78 Å². The van der Waals surface area contributed by atoms with Gasteiger partial charge >= 0.3 is 6.09 Å². The molecule has 0 spiro atoms. The molecule has 146 valence electrons. The van der Waals surface area contributed by atoms with Crippen LogP contribution in [0, 0.1) is 5.82 Å². The molecule has 5 nitrogen and oxygen atoms in total. The molecule has 0 unspecified atom stereocenters. The molecular formula is C18H12Cl2F3N3O2. The average molecular weight is 430 g/mol. The van der Waals surface area contributed by atoms with E-state index in [9.17, 15) is 18.0 Å². The standard InChI is InChI=1S/C18H12Cl2F3N3O2/c1-26-8-15(16(25-26)17(22)23)28-18(27)24-14-5-3-10(21)7-11(14)9-2-4-12(19)13(20)6-9/h2-8,17H,1H3,(H,24,27). The summed E-state index contributed by atoms with van der Waals surface area (Å²) in [5, 5.41) is 6.51. The number of amides is 1. The molecule has 0 atom stereocenters. The molecule has 0 saturated heterocycles. The van der Waals surface area contributed by atoms with Gasteiger partial charge in [-0.05, 0) is 35.9 Å². The van der Waals surface area contributed by atoms with Gasteiger partial charge in [-0.2, -0.15) is 5.10 Å². The normalized spacial score (nSPS) is 11.0. The van der Waals surface area contributed by atoms with Crippen LogP contribution in [0.5, 0.6) is 5.75 Å². The molecule has 10 heteroatoms. The van der Waals surface area contributed by atoms with Crippen molar-refractivity contribution >= 4 is 35.0 Å². The Morgan fingerprint density at radius 2 is 1.93 bits per heavy atom. The molecule has 0 aliphatic heterocycles. The van der Waals surface area contributed by atoms with Crippen LogP contribution in [-0.2, 0) is 7.05 Å². The Bertz CT molecular complexity index is 1040. The molecule has 0 radical (unpaired) electrons. The minimum absolute atomic E-state index is 0.187. The Hall–Kier alpha value is -2.71. The number of ether oxygens (including phenoxy) is 1. The Morgan fingerprint density at radius 1 is 1.18 bits per heavy atom. The van der Waals surface area contributed by atoms with Crippen molar-refractivity contribution in [3.63, 3.8) is 0 Å². The molecule has 3 rings (SSSR count). The number of hydrogen-bond donors (Lipinski definition) is 1. The van der Waals surface area contributed by atoms with Gasteiger partial charge in [0.1, 0.15) is 5.82 Å². The van der Waals surface area contributed by atoms with Gasteiger partial charge in [-0.1, -0.05) is 29.3 Å². The van der Waals surface area contributed by atoms with Crippen LogP contribution in [0.3, 0.4) is 0 Å². The second-order valence-corrected chi connectivity index (χ2v) is 6.50. The summed E-state index contributed by atoms with van der Waals surface area (Å²) in [4.78, 5) is 12.2. The highest BCUT2D eigenvalue weighted by Gasteiger charge is 2.21. The third-order valence-electron chi connectivity index (χ3n) is 3.68. The number of aryl methyl sites for hydroxylation is 1. The highest BCUT2D eigenvalue weighted by atomic mass is 35.5. The summed E-state index contributed by atoms with van der Waals surface area (Å²) < 4.78 is 45.7. The van der Waals surface area contributed by atoms with Crippen LogP contribution in [0.15, 0.2) is 42.6 Å². The summed E-state index contributed by atoms with van der Waals surface area (Å²) in [6, 6.07) is 8.25. The summed E-state index contributed by atoms with van der Waals surface area (Å²) in [5.74, 6) is -0.930. The lowest BCUT2D eigenvalue weighted by Crippen LogP contribution is -2.17. The fourth-order valence-corrected chi connectivity index (χ4v) is 2.78. The summed E-state index contributed by atoms with van der Waals surface area (Å²) in [6.45, 7) is 0. The van der Waals surface area contributed by atoms with Crippen LogP contribution in [-0.4, -0.2) is 15.9 Å². The average Bonchev–Trinajstić information content (AvgIpc) is 2.99. The van der Waals surface area contributed by atoms with E-state index in [4.69, 9.17) is 27.9 Å². The fourth-order valence-electron chi connectivity index (χ4n) is 2.48. The Kier molecular flexibility index (Phi) is 5.81. The first-order valence-corrected chi connectivity index (χ1v) is 8.55. The molecule has 2 aromatic carbocycles. The third kappa shape index (κ3) is 4.40. The molecule has 0 aliphatic carbocycles. The van der Waals surface area contributed by atoms with Crippen LogP contribution in [0.4, 0.5) is 23.7 Å². The maximum Gasteiger partial charge on any atom is 0.417 e. The molecule has 1 N–H and O–H groups in total. The van der Waals surface area contributed by atoms with E-state index < -0.39 is 24.0 Å². The SMILES string of the molecule is Cn1cc(OC(=O)Nc2ccc(F)cc2-c2ccc(Cl)c(Cl)c2)c(C(F)F)n1. The van der Waals surface area contributed by atoms with E-state index in [0.717, 1.165) is 16.9 Å². The van der Waals surface area contributed by atoms with Gasteiger partial charge in [-0.15, -0.1) is 0 Å². The van der Waals surface area contributed by atoms with E-state index in [0.29, 0.717) is 16.1 Å². The number of carbonyl (C=O) groups is 1. The van der Waals surface area contributed by atoms with Crippen LogP contribution in [0.1, 0.15) is 12.1 Å². The highest BCUT2D eigenvalue weighted by molar-refractivity contribution is 6.42. The van der Waals surface area contributed by atoms with Gasteiger partial charge in [0.25, 0.3) is 6.43 Å². The van der Waals surface area contributed by atoms with Crippen LogP contribution in [0.25, 0.3) is 11.1 Å². The van der Waals surface area contributed by atoms with Crippen LogP contribution in [0.2, 0.25) is 10.0 Å². The molecule has 28 heavy (non-hydrogen) atoms. The molecule has 1 heterocycles. The zero-order valence-corrected chi connectivity index (χ0v) is 15.7. The van der Waals surface area contributed by atoms with E-state index in [1.165, 1.54) is 31.3 Å². The van der Waals surface area contributed by atoms with Gasteiger partial charge in [0.05, 0.1) is 21.9 Å². The largest absolute Gasteiger partial charge is 0.417 e. The first-order chi connectivity index (χ1) is 13.2. The summed E-state index contributed by atoms with van der Waals surface area (Å²) >= 11 is 11.9. The van der Waals surface area contributed by atoms with Crippen molar-refractivity contribution in [2.45, 2.75) is 6.43 Å². The molecule has 0 saturated carbocycles. The Morgan fingerprint density at radius 3 is 2.61 bits per heavy atom. The number of carbonyl (C=O) groups excluding carboxylic acids is 1. The molecule has 3 aromatic rings. The monoisotopic (exact) mass is 429 g/mol. The highest BCUT2D eigenvalue weighted by Crippen LogP contribution is 2.34. The second-order valence-electron chi connectivity index (χ2n) is 5.69. The zero-order valence-electron chi connectivity index (χ0n) is 14.2. The number of aromatic nitrogens is 2. The molecule has 1 aromatic heterocycles. The van der Waals surface area contributed by atoms with Crippen molar-refractivity contribution in [2.24, 2.45) is 7.05 Å². The first-order valence-electron chi connectivity index (χ1n) is 7.80. The summed E-state index contributed by atoms with van der Waals surface area (Å²) in [7, 11) is 1.42. The van der Waals surface area contributed by atoms with Crippen molar-refractivity contribution in [1.29, 1.82) is 0 Å². The minimum atomic E-state index is -2.92. The lowest BCUT2D eigenvalue weighted by Gasteiger charge is -2.12. The van der Waals surface area contributed by atoms with Crippen molar-refractivity contribution in [2.75, 3.05) is 5.32 Å². The van der Waals surface area contributed by atoms with Gasteiger partial charge in [-0.3, -0.25) is 10.00 Å². The number of nitrogens with one attached hydrogen (secondary N) is 1. The maximum absolute atomic E-state index is 13.7. The number of alkyl halides is 2. The number of rotatable bonds is 4. The lowest BCUT2D eigenvalue weighted by molar-refractivity contribution is 0.141. The maximum atomic E-state index is 13.7. The quantitative estimate of drug-likeness (QED) is 0.546. The first kappa shape index (κ1) is 20.0. The second kappa shape index (κ2) is 8.12. The van der Waals surface area contributed by atoms with Crippen LogP contribution >= 0.6 is 23.2 Å². The molecule has 0 aliphatic rings. The Balaban J connectivity index is 1.88. The van der Waals surface area contributed by atoms with E-state index >= 15 is 0 Å². The van der Waals surface area contributed by atoms with Gasteiger partial charge in [0.2, 0.25) is 0 Å². The predicted octanol–water partition coefficient (Wildman–Crippen LogP) is 6.08. The van der Waals surface area contributed by atoms with E-state index in [2.05, 4.69) is 10.4 Å². The van der Waals surface area contributed by atoms with Crippen molar-refractivity contribution in [3.8, 4) is 16.9 Å². The zero-order chi connectivity index (χ0) is 20.4. The van der Waals surface area contributed by atoms with Crippen molar-refractivity contribution in [3.05, 3.63) is 64.2 Å². The fraction of sp³-hybridized carbons (Fsp3) is 0.111. The van der Waals surface area contributed by atoms with E-state index in [-0.39, 0.29) is 16.5 Å². The predicted molar refractivity (Wildman–Crippen MR) is 99.7 cm³/mol. The van der Waals surface area contributed by atoms with Gasteiger partial charge in [0.15, 0.2) is 11.4 Å². The number of hydrogen-bond acceptors (Lipinski definition) is 3. The molecule has 1 amide bonds. The van der Waals surface area contributed by atoms with E-state index in [1.54, 1.807) is 6.07 Å². The lowest BCUT2D eigenvalue weighted by atomic mass is 10.0. The summed E-state index contributed by atoms with van der Waals surface area (Å²) in [5.41, 5.74) is 0.309. The summed E-state index contributed by atoms with van der Waals surface area (Å²) in [6.07, 6.45) is -2.81. The number of nitrogens with zero attached hydrogens (tertiary/aromatic N) is 2. The van der Waals surface area contributed by atoms with Gasteiger partial charge in [0, 0.05) is 12.6 Å². The third-order valence-corrected chi connectivity index (χ3v) is 4.42. The molecule has 0 fully saturated rings. The molecule has 0 bridgehead atoms. The van der Waals surface area contributed by atoms with Crippen molar-refractivity contribution < 1.29 is 22.7 Å². The topological polar surface area (TPSA) is 56.1 Å². The number of benzene rings is 2. The van der Waals surface area contributed by atoms with Gasteiger partial charge < -0.3 is 4.74 Å². The minimum Gasteiger partial charge on any atom is -0.406 e. The number of anilines is 1. The number of halogens is 5. The van der Waals surface area contributed by atoms with Crippen LogP contribution < -0.4 is 10.1 Å². The molecular weight excluding hydrogens is 418 g/mol.